The van der Waals surface area contributed by atoms with Gasteiger partial charge in [-0.25, -0.2) is 9.48 Å². The van der Waals surface area contributed by atoms with E-state index in [1.807, 2.05) is 6.92 Å². The lowest BCUT2D eigenvalue weighted by atomic mass is 9.98. The number of nitrogens with zero attached hydrogens (tertiary/aromatic N) is 4. The van der Waals surface area contributed by atoms with Crippen LogP contribution in [0.2, 0.25) is 0 Å². The summed E-state index contributed by atoms with van der Waals surface area (Å²) in [6.07, 6.45) is -0.474. The number of ether oxygens (including phenoxy) is 2. The van der Waals surface area contributed by atoms with Crippen molar-refractivity contribution in [1.29, 1.82) is 0 Å². The second-order valence-corrected chi connectivity index (χ2v) is 6.17. The summed E-state index contributed by atoms with van der Waals surface area (Å²) in [7, 11) is 1.33. The van der Waals surface area contributed by atoms with Crippen molar-refractivity contribution in [2.75, 3.05) is 13.7 Å². The zero-order chi connectivity index (χ0) is 16.5. The smallest absolute Gasteiger partial charge is 0.410 e. The molecule has 1 amide bonds. The van der Waals surface area contributed by atoms with Crippen LogP contribution in [-0.4, -0.2) is 51.2 Å². The lowest BCUT2D eigenvalue weighted by Gasteiger charge is -2.32. The summed E-state index contributed by atoms with van der Waals surface area (Å²) < 4.78 is 11.9. The molecule has 1 aromatic rings. The molecule has 0 fully saturated rings. The third-order valence-electron chi connectivity index (χ3n) is 3.36. The van der Waals surface area contributed by atoms with Crippen LogP contribution in [0.4, 0.5) is 4.79 Å². The van der Waals surface area contributed by atoms with Crippen molar-refractivity contribution in [3.8, 4) is 0 Å². The highest BCUT2D eigenvalue weighted by molar-refractivity contribution is 5.80. The first-order valence-corrected chi connectivity index (χ1v) is 7.24. The number of amides is 1. The predicted octanol–water partition coefficient (Wildman–Crippen LogP) is 1.31. The summed E-state index contributed by atoms with van der Waals surface area (Å²) in [5.41, 5.74) is 0.725. The van der Waals surface area contributed by atoms with E-state index >= 15 is 0 Å². The largest absolute Gasteiger partial charge is 0.468 e. The Morgan fingerprint density at radius 2 is 2.05 bits per heavy atom. The average Bonchev–Trinajstić information content (AvgIpc) is 2.86. The molecule has 0 aliphatic carbocycles. The van der Waals surface area contributed by atoms with Crippen LogP contribution in [0.1, 0.15) is 45.0 Å². The number of carbonyl (C=O) groups excluding carboxylic acids is 2. The van der Waals surface area contributed by atoms with Gasteiger partial charge in [0.15, 0.2) is 0 Å². The molecule has 8 heteroatoms. The minimum Gasteiger partial charge on any atom is -0.468 e. The van der Waals surface area contributed by atoms with Gasteiger partial charge in [-0.3, -0.25) is 4.79 Å². The number of fused-ring (bicyclic) bond motifs is 1. The van der Waals surface area contributed by atoms with Gasteiger partial charge in [-0.1, -0.05) is 5.21 Å². The predicted molar refractivity (Wildman–Crippen MR) is 77.1 cm³/mol. The van der Waals surface area contributed by atoms with Crippen LogP contribution in [0.3, 0.4) is 0 Å². The van der Waals surface area contributed by atoms with E-state index in [1.165, 1.54) is 12.0 Å². The number of esters is 1. The first-order valence-electron chi connectivity index (χ1n) is 7.24. The van der Waals surface area contributed by atoms with E-state index in [4.69, 9.17) is 9.47 Å². The molecule has 0 aromatic carbocycles. The lowest BCUT2D eigenvalue weighted by molar-refractivity contribution is -0.143. The topological polar surface area (TPSA) is 86.6 Å². The molecule has 0 saturated heterocycles. The maximum Gasteiger partial charge on any atom is 0.410 e. The van der Waals surface area contributed by atoms with Gasteiger partial charge in [0.25, 0.3) is 0 Å². The Labute approximate surface area is 129 Å². The molecule has 0 unspecified atom stereocenters. The number of aryl methyl sites for hydroxylation is 1. The molecular formula is C14H22N4O4. The molecule has 1 aliphatic heterocycles. The quantitative estimate of drug-likeness (QED) is 0.765. The van der Waals surface area contributed by atoms with E-state index in [-0.39, 0.29) is 13.1 Å². The first kappa shape index (κ1) is 16.3. The molecule has 1 aromatic heterocycles. The molecule has 122 valence electrons. The number of methoxy groups -OCH3 is 1. The summed E-state index contributed by atoms with van der Waals surface area (Å²) in [6, 6.07) is 0. The Hall–Kier alpha value is -2.12. The Bertz CT molecular complexity index is 576. The monoisotopic (exact) mass is 310 g/mol. The van der Waals surface area contributed by atoms with E-state index in [9.17, 15) is 9.59 Å². The van der Waals surface area contributed by atoms with Crippen LogP contribution in [0, 0.1) is 0 Å². The standard InChI is InChI=1S/C14H22N4O4/c1-6-18-11-9(12(19)21-5)7-17(8-10(11)15-16-18)13(20)22-14(2,3)4/h9H,6-8H2,1-5H3/t9-/m0/s1. The molecule has 1 atom stereocenters. The number of rotatable bonds is 2. The number of carbonyl (C=O) groups is 2. The van der Waals surface area contributed by atoms with Crippen molar-refractivity contribution in [3.63, 3.8) is 0 Å². The van der Waals surface area contributed by atoms with E-state index in [0.29, 0.717) is 17.9 Å². The second kappa shape index (κ2) is 5.94. The minimum atomic E-state index is -0.601. The fourth-order valence-corrected chi connectivity index (χ4v) is 2.43. The van der Waals surface area contributed by atoms with E-state index in [0.717, 1.165) is 0 Å². The third kappa shape index (κ3) is 3.20. The van der Waals surface area contributed by atoms with Gasteiger partial charge in [0.2, 0.25) is 0 Å². The fourth-order valence-electron chi connectivity index (χ4n) is 2.43. The van der Waals surface area contributed by atoms with Crippen molar-refractivity contribution in [1.82, 2.24) is 19.9 Å². The summed E-state index contributed by atoms with van der Waals surface area (Å²) in [4.78, 5) is 25.8. The molecule has 0 spiro atoms. The Morgan fingerprint density at radius 3 is 2.59 bits per heavy atom. The number of hydrogen-bond donors (Lipinski definition) is 0. The molecule has 0 N–H and O–H groups in total. The van der Waals surface area contributed by atoms with Gasteiger partial charge in [0, 0.05) is 13.1 Å². The van der Waals surface area contributed by atoms with Gasteiger partial charge >= 0.3 is 12.1 Å². The van der Waals surface area contributed by atoms with E-state index < -0.39 is 23.6 Å². The molecular weight excluding hydrogens is 288 g/mol. The van der Waals surface area contributed by atoms with Gasteiger partial charge < -0.3 is 14.4 Å². The van der Waals surface area contributed by atoms with Crippen LogP contribution in [-0.2, 0) is 27.4 Å². The highest BCUT2D eigenvalue weighted by Crippen LogP contribution is 2.29. The van der Waals surface area contributed by atoms with Crippen LogP contribution in [0.5, 0.6) is 0 Å². The fraction of sp³-hybridized carbons (Fsp3) is 0.714. The maximum atomic E-state index is 12.3. The zero-order valence-electron chi connectivity index (χ0n) is 13.6. The van der Waals surface area contributed by atoms with Crippen molar-refractivity contribution in [2.24, 2.45) is 0 Å². The van der Waals surface area contributed by atoms with Gasteiger partial charge in [0.1, 0.15) is 17.2 Å². The van der Waals surface area contributed by atoms with Crippen molar-refractivity contribution >= 4 is 12.1 Å². The molecule has 0 bridgehead atoms. The maximum absolute atomic E-state index is 12.3. The summed E-state index contributed by atoms with van der Waals surface area (Å²) in [6.45, 7) is 8.38. The van der Waals surface area contributed by atoms with Crippen LogP contribution in [0.15, 0.2) is 0 Å². The van der Waals surface area contributed by atoms with Crippen LogP contribution < -0.4 is 0 Å². The Balaban J connectivity index is 2.29. The van der Waals surface area contributed by atoms with Gasteiger partial charge in [-0.15, -0.1) is 5.10 Å². The lowest BCUT2D eigenvalue weighted by Crippen LogP contribution is -2.44. The van der Waals surface area contributed by atoms with E-state index in [1.54, 1.807) is 25.5 Å². The highest BCUT2D eigenvalue weighted by Gasteiger charge is 2.38. The SMILES string of the molecule is CCn1nnc2c1[C@@H](C(=O)OC)CN(C(=O)OC(C)(C)C)C2. The summed E-state index contributed by atoms with van der Waals surface area (Å²) >= 11 is 0. The molecule has 0 radical (unpaired) electrons. The normalized spacial score (nSPS) is 17.9. The third-order valence-corrected chi connectivity index (χ3v) is 3.36. The van der Waals surface area contributed by atoms with Crippen LogP contribution in [0.25, 0.3) is 0 Å². The highest BCUT2D eigenvalue weighted by atomic mass is 16.6. The number of aromatic nitrogens is 3. The second-order valence-electron chi connectivity index (χ2n) is 6.17. The first-order chi connectivity index (χ1) is 10.3. The summed E-state index contributed by atoms with van der Waals surface area (Å²) in [5, 5.41) is 8.11. The molecule has 0 saturated carbocycles. The van der Waals surface area contributed by atoms with E-state index in [2.05, 4.69) is 10.3 Å². The summed E-state index contributed by atoms with van der Waals surface area (Å²) in [5.74, 6) is -1.01. The van der Waals surface area contributed by atoms with Gasteiger partial charge in [0.05, 0.1) is 19.3 Å². The molecule has 2 heterocycles. The molecule has 8 nitrogen and oxygen atoms in total. The Kier molecular flexibility index (Phi) is 4.39. The van der Waals surface area contributed by atoms with Crippen molar-refractivity contribution in [3.05, 3.63) is 11.4 Å². The zero-order valence-corrected chi connectivity index (χ0v) is 13.6. The van der Waals surface area contributed by atoms with Crippen LogP contribution >= 0.6 is 0 Å². The van der Waals surface area contributed by atoms with Gasteiger partial charge in [-0.05, 0) is 27.7 Å². The van der Waals surface area contributed by atoms with Crippen molar-refractivity contribution in [2.45, 2.75) is 52.3 Å². The minimum absolute atomic E-state index is 0.196. The molecule has 22 heavy (non-hydrogen) atoms. The number of hydrogen-bond acceptors (Lipinski definition) is 6. The average molecular weight is 310 g/mol. The Morgan fingerprint density at radius 1 is 1.36 bits per heavy atom. The van der Waals surface area contributed by atoms with Gasteiger partial charge in [-0.2, -0.15) is 0 Å². The molecule has 1 aliphatic rings. The van der Waals surface area contributed by atoms with Crippen molar-refractivity contribution < 1.29 is 19.1 Å². The molecule has 2 rings (SSSR count).